The van der Waals surface area contributed by atoms with E-state index in [4.69, 9.17) is 21.1 Å². The minimum absolute atomic E-state index is 0.270. The molecule has 0 saturated carbocycles. The summed E-state index contributed by atoms with van der Waals surface area (Å²) in [7, 11) is 1.27. The Balaban J connectivity index is 2.77. The molecule has 1 aromatic rings. The predicted molar refractivity (Wildman–Crippen MR) is 80.3 cm³/mol. The number of amides is 1. The Morgan fingerprint density at radius 1 is 1.33 bits per heavy atom. The summed E-state index contributed by atoms with van der Waals surface area (Å²) in [5.74, 6) is -0.541. The third-order valence-corrected chi connectivity index (χ3v) is 2.74. The summed E-state index contributed by atoms with van der Waals surface area (Å²) in [5, 5.41) is 3.08. The molecule has 1 rings (SSSR count). The molecule has 1 atom stereocenters. The Kier molecular flexibility index (Phi) is 6.03. The van der Waals surface area contributed by atoms with Crippen molar-refractivity contribution in [2.24, 2.45) is 0 Å². The van der Waals surface area contributed by atoms with Crippen LogP contribution in [0.3, 0.4) is 0 Å². The number of alkyl carbamates (subject to hydrolysis) is 1. The molecule has 116 valence electrons. The van der Waals surface area contributed by atoms with E-state index in [0.717, 1.165) is 5.56 Å². The smallest absolute Gasteiger partial charge is 0.408 e. The maximum Gasteiger partial charge on any atom is 0.408 e. The van der Waals surface area contributed by atoms with Gasteiger partial charge in [-0.3, -0.25) is 0 Å². The zero-order valence-corrected chi connectivity index (χ0v) is 13.4. The lowest BCUT2D eigenvalue weighted by molar-refractivity contribution is -0.143. The van der Waals surface area contributed by atoms with Crippen molar-refractivity contribution in [2.45, 2.75) is 38.8 Å². The standard InChI is InChI=1S/C15H20ClNO4/c1-15(2,3)21-14(19)17-12(13(18)20-4)9-10-6-5-7-11(16)8-10/h5-8,12H,9H2,1-4H3,(H,17,19). The molecular weight excluding hydrogens is 294 g/mol. The molecule has 1 aromatic carbocycles. The van der Waals surface area contributed by atoms with Gasteiger partial charge in [0.25, 0.3) is 0 Å². The van der Waals surface area contributed by atoms with Gasteiger partial charge in [0.1, 0.15) is 11.6 Å². The van der Waals surface area contributed by atoms with Gasteiger partial charge in [-0.25, -0.2) is 9.59 Å². The monoisotopic (exact) mass is 313 g/mol. The molecule has 0 saturated heterocycles. The third-order valence-electron chi connectivity index (χ3n) is 2.51. The maximum absolute atomic E-state index is 11.8. The van der Waals surface area contributed by atoms with Gasteiger partial charge in [0.15, 0.2) is 0 Å². The van der Waals surface area contributed by atoms with Crippen LogP contribution in [0.4, 0.5) is 4.79 Å². The summed E-state index contributed by atoms with van der Waals surface area (Å²) in [6, 6.07) is 6.23. The van der Waals surface area contributed by atoms with Crippen LogP contribution in [0.2, 0.25) is 5.02 Å². The molecule has 0 aliphatic rings. The first-order valence-electron chi connectivity index (χ1n) is 6.53. The molecule has 0 aliphatic carbocycles. The molecule has 0 heterocycles. The molecule has 21 heavy (non-hydrogen) atoms. The number of rotatable bonds is 4. The number of benzene rings is 1. The molecule has 0 spiro atoms. The van der Waals surface area contributed by atoms with E-state index in [1.807, 2.05) is 6.07 Å². The Labute approximate surface area is 129 Å². The van der Waals surface area contributed by atoms with Crippen LogP contribution in [0.15, 0.2) is 24.3 Å². The maximum atomic E-state index is 11.8. The molecule has 0 radical (unpaired) electrons. The third kappa shape index (κ3) is 6.49. The molecule has 1 N–H and O–H groups in total. The molecule has 0 aliphatic heterocycles. The second-order valence-electron chi connectivity index (χ2n) is 5.56. The van der Waals surface area contributed by atoms with Gasteiger partial charge >= 0.3 is 12.1 Å². The summed E-state index contributed by atoms with van der Waals surface area (Å²) < 4.78 is 9.84. The van der Waals surface area contributed by atoms with Crippen LogP contribution in [0.25, 0.3) is 0 Å². The number of methoxy groups -OCH3 is 1. The predicted octanol–water partition coefficient (Wildman–Crippen LogP) is 2.95. The van der Waals surface area contributed by atoms with Crippen LogP contribution in [0.1, 0.15) is 26.3 Å². The van der Waals surface area contributed by atoms with Crippen molar-refractivity contribution < 1.29 is 19.1 Å². The number of hydrogen-bond acceptors (Lipinski definition) is 4. The Bertz CT molecular complexity index is 511. The highest BCUT2D eigenvalue weighted by atomic mass is 35.5. The molecule has 0 aromatic heterocycles. The van der Waals surface area contributed by atoms with E-state index in [1.165, 1.54) is 7.11 Å². The van der Waals surface area contributed by atoms with Gasteiger partial charge in [-0.15, -0.1) is 0 Å². The lowest BCUT2D eigenvalue weighted by Gasteiger charge is -2.22. The van der Waals surface area contributed by atoms with Crippen molar-refractivity contribution in [2.75, 3.05) is 7.11 Å². The number of carbonyl (C=O) groups is 2. The van der Waals surface area contributed by atoms with Crippen LogP contribution in [-0.2, 0) is 20.7 Å². The van der Waals surface area contributed by atoms with Crippen LogP contribution in [0, 0.1) is 0 Å². The van der Waals surface area contributed by atoms with Gasteiger partial charge in [0, 0.05) is 11.4 Å². The molecule has 6 heteroatoms. The molecule has 0 fully saturated rings. The lowest BCUT2D eigenvalue weighted by Crippen LogP contribution is -2.45. The van der Waals surface area contributed by atoms with Gasteiger partial charge in [-0.2, -0.15) is 0 Å². The Hall–Kier alpha value is -1.75. The fraction of sp³-hybridized carbons (Fsp3) is 0.467. The Morgan fingerprint density at radius 3 is 2.52 bits per heavy atom. The van der Waals surface area contributed by atoms with E-state index < -0.39 is 23.7 Å². The first kappa shape index (κ1) is 17.3. The lowest BCUT2D eigenvalue weighted by atomic mass is 10.1. The molecule has 1 amide bonds. The van der Waals surface area contributed by atoms with Crippen molar-refractivity contribution in [1.29, 1.82) is 0 Å². The first-order valence-corrected chi connectivity index (χ1v) is 6.91. The van der Waals surface area contributed by atoms with E-state index in [-0.39, 0.29) is 6.42 Å². The number of carbonyl (C=O) groups excluding carboxylic acids is 2. The minimum atomic E-state index is -0.830. The quantitative estimate of drug-likeness (QED) is 0.868. The van der Waals surface area contributed by atoms with Gasteiger partial charge in [0.05, 0.1) is 7.11 Å². The fourth-order valence-electron chi connectivity index (χ4n) is 1.69. The summed E-state index contributed by atoms with van der Waals surface area (Å²) >= 11 is 5.91. The highest BCUT2D eigenvalue weighted by Crippen LogP contribution is 2.13. The van der Waals surface area contributed by atoms with E-state index in [9.17, 15) is 9.59 Å². The van der Waals surface area contributed by atoms with Crippen molar-refractivity contribution in [1.82, 2.24) is 5.32 Å². The zero-order chi connectivity index (χ0) is 16.0. The van der Waals surface area contributed by atoms with Crippen molar-refractivity contribution in [3.05, 3.63) is 34.9 Å². The van der Waals surface area contributed by atoms with Gasteiger partial charge in [-0.1, -0.05) is 23.7 Å². The Morgan fingerprint density at radius 2 is 2.00 bits per heavy atom. The van der Waals surface area contributed by atoms with Crippen LogP contribution in [0.5, 0.6) is 0 Å². The topological polar surface area (TPSA) is 64.6 Å². The molecule has 5 nitrogen and oxygen atoms in total. The number of ether oxygens (including phenoxy) is 2. The second kappa shape index (κ2) is 7.31. The summed E-state index contributed by atoms with van der Waals surface area (Å²) in [5.41, 5.74) is 0.176. The van der Waals surface area contributed by atoms with Crippen LogP contribution in [-0.4, -0.2) is 30.8 Å². The summed E-state index contributed by atoms with van der Waals surface area (Å²) in [4.78, 5) is 23.6. The number of halogens is 1. The summed E-state index contributed by atoms with van der Waals surface area (Å²) in [6.07, 6.45) is -0.396. The van der Waals surface area contributed by atoms with Crippen molar-refractivity contribution >= 4 is 23.7 Å². The second-order valence-corrected chi connectivity index (χ2v) is 5.99. The molecular formula is C15H20ClNO4. The van der Waals surface area contributed by atoms with Gasteiger partial charge in [0.2, 0.25) is 0 Å². The fourth-order valence-corrected chi connectivity index (χ4v) is 1.90. The largest absolute Gasteiger partial charge is 0.467 e. The normalized spacial score (nSPS) is 12.4. The van der Waals surface area contributed by atoms with E-state index >= 15 is 0 Å². The van der Waals surface area contributed by atoms with E-state index in [0.29, 0.717) is 5.02 Å². The number of nitrogens with one attached hydrogen (secondary N) is 1. The van der Waals surface area contributed by atoms with Gasteiger partial charge in [-0.05, 0) is 38.5 Å². The van der Waals surface area contributed by atoms with Crippen molar-refractivity contribution in [3.63, 3.8) is 0 Å². The van der Waals surface area contributed by atoms with Crippen molar-refractivity contribution in [3.8, 4) is 0 Å². The number of hydrogen-bond donors (Lipinski definition) is 1. The summed E-state index contributed by atoms with van der Waals surface area (Å²) in [6.45, 7) is 5.24. The molecule has 0 bridgehead atoms. The zero-order valence-electron chi connectivity index (χ0n) is 12.6. The molecule has 1 unspecified atom stereocenters. The average Bonchev–Trinajstić information content (AvgIpc) is 2.34. The number of esters is 1. The highest BCUT2D eigenvalue weighted by Gasteiger charge is 2.25. The van der Waals surface area contributed by atoms with E-state index in [2.05, 4.69) is 5.32 Å². The van der Waals surface area contributed by atoms with Crippen LogP contribution >= 0.6 is 11.6 Å². The SMILES string of the molecule is COC(=O)C(Cc1cccc(Cl)c1)NC(=O)OC(C)(C)C. The van der Waals surface area contributed by atoms with Crippen LogP contribution < -0.4 is 5.32 Å². The van der Waals surface area contributed by atoms with E-state index in [1.54, 1.807) is 39.0 Å². The van der Waals surface area contributed by atoms with Gasteiger partial charge < -0.3 is 14.8 Å². The average molecular weight is 314 g/mol. The first-order chi connectivity index (χ1) is 9.71. The minimum Gasteiger partial charge on any atom is -0.467 e. The highest BCUT2D eigenvalue weighted by molar-refractivity contribution is 6.30.